The molecule has 0 atom stereocenters. The number of halogens is 2. The van der Waals surface area contributed by atoms with Gasteiger partial charge >= 0.3 is 5.69 Å². The van der Waals surface area contributed by atoms with Crippen LogP contribution in [0.5, 0.6) is 0 Å². The smallest absolute Gasteiger partial charge is 0.301 e. The fourth-order valence-electron chi connectivity index (χ4n) is 2.88. The van der Waals surface area contributed by atoms with E-state index in [1.54, 1.807) is 48.5 Å². The number of hydrogen-bond donors (Lipinski definition) is 2. The van der Waals surface area contributed by atoms with Crippen LogP contribution in [0.4, 0.5) is 22.7 Å². The molecule has 12 heteroatoms. The predicted molar refractivity (Wildman–Crippen MR) is 126 cm³/mol. The molecule has 0 aliphatic carbocycles. The molecule has 0 radical (unpaired) electrons. The molecule has 0 spiro atoms. The Hall–Kier alpha value is -4.02. The van der Waals surface area contributed by atoms with E-state index in [1.165, 1.54) is 6.07 Å². The summed E-state index contributed by atoms with van der Waals surface area (Å²) in [4.78, 5) is 32.9. The van der Waals surface area contributed by atoms with Gasteiger partial charge in [0.2, 0.25) is 5.91 Å². The van der Waals surface area contributed by atoms with E-state index in [0.717, 1.165) is 12.1 Å². The van der Waals surface area contributed by atoms with Gasteiger partial charge in [-0.2, -0.15) is 5.10 Å². The van der Waals surface area contributed by atoms with Crippen molar-refractivity contribution in [2.24, 2.45) is 5.10 Å². The van der Waals surface area contributed by atoms with Crippen LogP contribution in [0.2, 0.25) is 5.02 Å². The number of hydrazone groups is 1. The minimum Gasteiger partial charge on any atom is -0.324 e. The van der Waals surface area contributed by atoms with Gasteiger partial charge in [-0.15, -0.1) is 11.6 Å². The molecular formula is C21H15Cl2N5O5. The molecule has 168 valence electrons. The maximum atomic E-state index is 11.9. The molecule has 3 aromatic rings. The summed E-state index contributed by atoms with van der Waals surface area (Å²) in [6.07, 6.45) is 0. The van der Waals surface area contributed by atoms with E-state index in [4.69, 9.17) is 23.2 Å². The number of amides is 1. The van der Waals surface area contributed by atoms with Gasteiger partial charge in [0.25, 0.3) is 5.69 Å². The molecule has 0 bridgehead atoms. The molecular weight excluding hydrogens is 473 g/mol. The predicted octanol–water partition coefficient (Wildman–Crippen LogP) is 5.20. The van der Waals surface area contributed by atoms with E-state index in [9.17, 15) is 25.0 Å². The van der Waals surface area contributed by atoms with E-state index in [-0.39, 0.29) is 11.6 Å². The lowest BCUT2D eigenvalue weighted by Gasteiger charge is -2.14. The number of nitrogens with one attached hydrogen (secondary N) is 2. The molecule has 2 N–H and O–H groups in total. The molecule has 0 aromatic heterocycles. The molecule has 0 heterocycles. The zero-order valence-electron chi connectivity index (χ0n) is 16.7. The van der Waals surface area contributed by atoms with Crippen LogP contribution in [-0.2, 0) is 4.79 Å². The second-order valence-electron chi connectivity index (χ2n) is 6.53. The van der Waals surface area contributed by atoms with Crippen LogP contribution in [0.3, 0.4) is 0 Å². The van der Waals surface area contributed by atoms with Crippen LogP contribution in [-0.4, -0.2) is 27.3 Å². The van der Waals surface area contributed by atoms with E-state index in [1.807, 2.05) is 0 Å². The maximum absolute atomic E-state index is 11.9. The van der Waals surface area contributed by atoms with E-state index < -0.39 is 27.1 Å². The highest BCUT2D eigenvalue weighted by Gasteiger charge is 2.20. The number of hydrogen-bond acceptors (Lipinski definition) is 7. The van der Waals surface area contributed by atoms with Crippen LogP contribution in [0.15, 0.2) is 71.8 Å². The highest BCUT2D eigenvalue weighted by Crippen LogP contribution is 2.30. The van der Waals surface area contributed by atoms with Crippen molar-refractivity contribution in [3.63, 3.8) is 0 Å². The van der Waals surface area contributed by atoms with Crippen LogP contribution in [0, 0.1) is 20.2 Å². The summed E-state index contributed by atoms with van der Waals surface area (Å²) < 4.78 is 0. The Bertz CT molecular complexity index is 1250. The zero-order valence-corrected chi connectivity index (χ0v) is 18.2. The Morgan fingerprint density at radius 3 is 2.27 bits per heavy atom. The molecule has 0 saturated heterocycles. The van der Waals surface area contributed by atoms with Crippen LogP contribution < -0.4 is 10.7 Å². The second-order valence-corrected chi connectivity index (χ2v) is 7.23. The number of benzene rings is 3. The van der Waals surface area contributed by atoms with E-state index in [0.29, 0.717) is 27.5 Å². The van der Waals surface area contributed by atoms with Gasteiger partial charge in [-0.1, -0.05) is 41.9 Å². The van der Waals surface area contributed by atoms with E-state index in [2.05, 4.69) is 15.8 Å². The van der Waals surface area contributed by atoms with Gasteiger partial charge in [-0.3, -0.25) is 30.4 Å². The fraction of sp³-hybridized carbons (Fsp3) is 0.0476. The second kappa shape index (κ2) is 10.5. The Balaban J connectivity index is 2.13. The van der Waals surface area contributed by atoms with Crippen molar-refractivity contribution in [3.05, 3.63) is 103 Å². The van der Waals surface area contributed by atoms with Crippen LogP contribution >= 0.6 is 23.2 Å². The number of carbonyl (C=O) groups excluding carboxylic acids is 1. The third-order valence-electron chi connectivity index (χ3n) is 4.36. The Labute approximate surface area is 197 Å². The van der Waals surface area contributed by atoms with Crippen molar-refractivity contribution in [2.45, 2.75) is 0 Å². The largest absolute Gasteiger partial charge is 0.324 e. The normalized spacial score (nSPS) is 11.0. The van der Waals surface area contributed by atoms with Crippen molar-refractivity contribution in [2.75, 3.05) is 16.6 Å². The molecule has 3 rings (SSSR count). The number of carbonyl (C=O) groups is 1. The number of non-ortho nitro benzene ring substituents is 1. The Morgan fingerprint density at radius 1 is 0.939 bits per heavy atom. The number of nitrogens with zero attached hydrogens (tertiary/aromatic N) is 3. The highest BCUT2D eigenvalue weighted by molar-refractivity contribution is 6.32. The standard InChI is InChI=1S/C21H15Cl2N5O5/c22-12-20(29)24-17-8-6-14(23)10-16(17)21(13-4-2-1-3-5-13)26-25-18-9-7-15(27(30)31)11-19(18)28(32)33/h1-11,25H,12H2,(H,24,29)/b26-21-. The van der Waals surface area contributed by atoms with E-state index >= 15 is 0 Å². The molecule has 0 aliphatic rings. The molecule has 3 aromatic carbocycles. The van der Waals surface area contributed by atoms with Gasteiger partial charge in [-0.25, -0.2) is 0 Å². The first-order chi connectivity index (χ1) is 15.8. The summed E-state index contributed by atoms with van der Waals surface area (Å²) in [7, 11) is 0. The van der Waals surface area contributed by atoms with Crippen molar-refractivity contribution in [3.8, 4) is 0 Å². The SMILES string of the molecule is O=C(CCl)Nc1ccc(Cl)cc1/C(=N\Nc1ccc([N+](=O)[O-])cc1[N+](=O)[O-])c1ccccc1. The van der Waals surface area contributed by atoms with Gasteiger partial charge < -0.3 is 5.32 Å². The molecule has 33 heavy (non-hydrogen) atoms. The minimum absolute atomic E-state index is 0.0626. The lowest BCUT2D eigenvalue weighted by Crippen LogP contribution is -2.17. The summed E-state index contributed by atoms with van der Waals surface area (Å²) in [6.45, 7) is 0. The van der Waals surface area contributed by atoms with Crippen LogP contribution in [0.1, 0.15) is 11.1 Å². The number of anilines is 2. The third-order valence-corrected chi connectivity index (χ3v) is 4.83. The summed E-state index contributed by atoms with van der Waals surface area (Å²) in [5.74, 6) is -0.723. The molecule has 0 saturated carbocycles. The van der Waals surface area contributed by atoms with Gasteiger partial charge in [0.1, 0.15) is 11.6 Å². The Kier molecular flexibility index (Phi) is 7.54. The topological polar surface area (TPSA) is 140 Å². The Morgan fingerprint density at radius 2 is 1.64 bits per heavy atom. The summed E-state index contributed by atoms with van der Waals surface area (Å²) in [6, 6.07) is 16.7. The van der Waals surface area contributed by atoms with Gasteiger partial charge in [-0.05, 0) is 24.3 Å². The van der Waals surface area contributed by atoms with Crippen molar-refractivity contribution in [1.29, 1.82) is 0 Å². The van der Waals surface area contributed by atoms with Crippen LogP contribution in [0.25, 0.3) is 0 Å². The molecule has 1 amide bonds. The number of nitro benzene ring substituents is 2. The zero-order chi connectivity index (χ0) is 24.0. The number of alkyl halides is 1. The quantitative estimate of drug-likeness (QED) is 0.193. The fourth-order valence-corrected chi connectivity index (χ4v) is 3.12. The van der Waals surface area contributed by atoms with Gasteiger partial charge in [0.15, 0.2) is 0 Å². The summed E-state index contributed by atoms with van der Waals surface area (Å²) >= 11 is 11.8. The molecule has 0 fully saturated rings. The lowest BCUT2D eigenvalue weighted by molar-refractivity contribution is -0.393. The third kappa shape index (κ3) is 5.82. The summed E-state index contributed by atoms with van der Waals surface area (Å²) in [5, 5.41) is 29.8. The maximum Gasteiger partial charge on any atom is 0.301 e. The first-order valence-corrected chi connectivity index (χ1v) is 10.2. The monoisotopic (exact) mass is 487 g/mol. The average Bonchev–Trinajstić information content (AvgIpc) is 2.81. The molecule has 0 unspecified atom stereocenters. The summed E-state index contributed by atoms with van der Waals surface area (Å²) in [5.41, 5.74) is 3.29. The molecule has 0 aliphatic heterocycles. The minimum atomic E-state index is -0.751. The first-order valence-electron chi connectivity index (χ1n) is 9.28. The number of rotatable bonds is 8. The first kappa shape index (κ1) is 23.6. The number of nitro groups is 2. The molecule has 10 nitrogen and oxygen atoms in total. The van der Waals surface area contributed by atoms with Crippen molar-refractivity contribution >= 4 is 57.6 Å². The van der Waals surface area contributed by atoms with Gasteiger partial charge in [0, 0.05) is 22.2 Å². The van der Waals surface area contributed by atoms with Crippen molar-refractivity contribution < 1.29 is 14.6 Å². The van der Waals surface area contributed by atoms with Gasteiger partial charge in [0.05, 0.1) is 27.3 Å². The lowest BCUT2D eigenvalue weighted by atomic mass is 10.0. The highest BCUT2D eigenvalue weighted by atomic mass is 35.5. The van der Waals surface area contributed by atoms with Crippen molar-refractivity contribution in [1.82, 2.24) is 0 Å². The average molecular weight is 488 g/mol.